The standard InChI is InChI=1S/C14H9F2N3O4S/c1-24(20,21)13-17-7-8-5-6-10(19(8)18-13)9-3-2-4-11-12(9)23-14(15,16)22-11/h2-7H,1H3. The molecule has 10 heteroatoms. The van der Waals surface area contributed by atoms with Gasteiger partial charge in [0.2, 0.25) is 9.84 Å². The number of fused-ring (bicyclic) bond motifs is 2. The zero-order chi connectivity index (χ0) is 17.1. The van der Waals surface area contributed by atoms with Crippen molar-refractivity contribution in [3.8, 4) is 22.8 Å². The molecule has 0 atom stereocenters. The van der Waals surface area contributed by atoms with Gasteiger partial charge < -0.3 is 9.47 Å². The van der Waals surface area contributed by atoms with E-state index in [1.807, 2.05) is 0 Å². The van der Waals surface area contributed by atoms with Crippen LogP contribution in [0.2, 0.25) is 0 Å². The molecule has 7 nitrogen and oxygen atoms in total. The van der Waals surface area contributed by atoms with Crippen molar-refractivity contribution < 1.29 is 26.7 Å². The summed E-state index contributed by atoms with van der Waals surface area (Å²) >= 11 is 0. The van der Waals surface area contributed by atoms with Gasteiger partial charge in [-0.25, -0.2) is 17.9 Å². The van der Waals surface area contributed by atoms with Crippen molar-refractivity contribution in [1.82, 2.24) is 14.6 Å². The Hall–Kier alpha value is -2.75. The lowest BCUT2D eigenvalue weighted by Crippen LogP contribution is -2.26. The summed E-state index contributed by atoms with van der Waals surface area (Å²) in [6.45, 7) is 0. The number of benzene rings is 1. The lowest BCUT2D eigenvalue weighted by Gasteiger charge is -2.07. The molecular formula is C14H9F2N3O4S. The maximum Gasteiger partial charge on any atom is 0.586 e. The fourth-order valence-electron chi connectivity index (χ4n) is 2.43. The van der Waals surface area contributed by atoms with E-state index >= 15 is 0 Å². The zero-order valence-corrected chi connectivity index (χ0v) is 12.9. The average Bonchev–Trinajstić information content (AvgIpc) is 3.04. The lowest BCUT2D eigenvalue weighted by atomic mass is 10.1. The summed E-state index contributed by atoms with van der Waals surface area (Å²) in [5.74, 6) is -0.244. The molecule has 0 bridgehead atoms. The Kier molecular flexibility index (Phi) is 2.86. The van der Waals surface area contributed by atoms with E-state index in [0.29, 0.717) is 16.8 Å². The number of hydrogen-bond acceptors (Lipinski definition) is 6. The number of rotatable bonds is 2. The Balaban J connectivity index is 1.95. The lowest BCUT2D eigenvalue weighted by molar-refractivity contribution is -0.286. The van der Waals surface area contributed by atoms with Crippen LogP contribution in [0.3, 0.4) is 0 Å². The molecule has 0 saturated heterocycles. The first-order chi connectivity index (χ1) is 11.2. The second-order valence-electron chi connectivity index (χ2n) is 5.17. The molecule has 2 aromatic heterocycles. The second kappa shape index (κ2) is 4.63. The van der Waals surface area contributed by atoms with Gasteiger partial charge in [-0.1, -0.05) is 6.07 Å². The van der Waals surface area contributed by atoms with Crippen LogP contribution in [0.4, 0.5) is 8.78 Å². The Morgan fingerprint density at radius 2 is 1.96 bits per heavy atom. The van der Waals surface area contributed by atoms with E-state index in [1.54, 1.807) is 18.2 Å². The molecule has 3 heterocycles. The molecule has 0 fully saturated rings. The van der Waals surface area contributed by atoms with Gasteiger partial charge in [-0.05, 0) is 24.3 Å². The van der Waals surface area contributed by atoms with Crippen molar-refractivity contribution in [2.45, 2.75) is 11.5 Å². The molecule has 124 valence electrons. The van der Waals surface area contributed by atoms with Gasteiger partial charge in [0, 0.05) is 11.8 Å². The number of ether oxygens (including phenoxy) is 2. The quantitative estimate of drug-likeness (QED) is 0.702. The highest BCUT2D eigenvalue weighted by Gasteiger charge is 2.44. The van der Waals surface area contributed by atoms with E-state index in [0.717, 1.165) is 6.26 Å². The minimum absolute atomic E-state index is 0.107. The van der Waals surface area contributed by atoms with Crippen molar-refractivity contribution >= 4 is 15.4 Å². The number of alkyl halides is 2. The highest BCUT2D eigenvalue weighted by molar-refractivity contribution is 7.90. The number of hydrogen-bond donors (Lipinski definition) is 0. The van der Waals surface area contributed by atoms with E-state index in [2.05, 4.69) is 19.6 Å². The number of sulfone groups is 1. The van der Waals surface area contributed by atoms with Gasteiger partial charge in [0.05, 0.1) is 17.4 Å². The average molecular weight is 353 g/mol. The molecule has 0 unspecified atom stereocenters. The molecule has 0 aliphatic carbocycles. The van der Waals surface area contributed by atoms with Crippen LogP contribution in [-0.4, -0.2) is 35.6 Å². The fourth-order valence-corrected chi connectivity index (χ4v) is 2.91. The van der Waals surface area contributed by atoms with Crippen molar-refractivity contribution in [1.29, 1.82) is 0 Å². The molecule has 0 amide bonds. The predicted octanol–water partition coefficient (Wildman–Crippen LogP) is 2.12. The van der Waals surface area contributed by atoms with Crippen molar-refractivity contribution in [3.05, 3.63) is 36.5 Å². The smallest absolute Gasteiger partial charge is 0.395 e. The Labute approximate surface area is 134 Å². The van der Waals surface area contributed by atoms with E-state index in [4.69, 9.17) is 0 Å². The molecule has 1 aromatic carbocycles. The first-order valence-electron chi connectivity index (χ1n) is 6.69. The summed E-state index contributed by atoms with van der Waals surface area (Å²) in [5.41, 5.74) is 1.17. The van der Waals surface area contributed by atoms with Gasteiger partial charge in [-0.3, -0.25) is 0 Å². The third-order valence-electron chi connectivity index (χ3n) is 3.41. The molecular weight excluding hydrogens is 344 g/mol. The molecule has 1 aliphatic heterocycles. The van der Waals surface area contributed by atoms with Crippen LogP contribution in [-0.2, 0) is 9.84 Å². The van der Waals surface area contributed by atoms with Gasteiger partial charge in [-0.15, -0.1) is 13.9 Å². The number of aromatic nitrogens is 3. The molecule has 0 spiro atoms. The monoisotopic (exact) mass is 353 g/mol. The summed E-state index contributed by atoms with van der Waals surface area (Å²) < 4.78 is 60.2. The summed E-state index contributed by atoms with van der Waals surface area (Å²) in [7, 11) is -3.62. The molecule has 0 N–H and O–H groups in total. The molecule has 1 aliphatic rings. The highest BCUT2D eigenvalue weighted by atomic mass is 32.2. The van der Waals surface area contributed by atoms with Gasteiger partial charge in [0.1, 0.15) is 0 Å². The molecule has 24 heavy (non-hydrogen) atoms. The van der Waals surface area contributed by atoms with E-state index in [-0.39, 0.29) is 16.7 Å². The van der Waals surface area contributed by atoms with Crippen LogP contribution in [0.5, 0.6) is 11.5 Å². The van der Waals surface area contributed by atoms with Crippen LogP contribution in [0.15, 0.2) is 41.7 Å². The van der Waals surface area contributed by atoms with Crippen LogP contribution >= 0.6 is 0 Å². The van der Waals surface area contributed by atoms with Gasteiger partial charge in [0.15, 0.2) is 11.5 Å². The first-order valence-corrected chi connectivity index (χ1v) is 8.58. The summed E-state index contributed by atoms with van der Waals surface area (Å²) in [6.07, 6.45) is -1.44. The van der Waals surface area contributed by atoms with Crippen molar-refractivity contribution in [2.75, 3.05) is 6.26 Å². The summed E-state index contributed by atoms with van der Waals surface area (Å²) in [4.78, 5) is 3.78. The van der Waals surface area contributed by atoms with Crippen LogP contribution < -0.4 is 9.47 Å². The fraction of sp³-hybridized carbons (Fsp3) is 0.143. The maximum absolute atomic E-state index is 13.3. The topological polar surface area (TPSA) is 82.8 Å². The van der Waals surface area contributed by atoms with Gasteiger partial charge >= 0.3 is 6.29 Å². The van der Waals surface area contributed by atoms with Crippen LogP contribution in [0.25, 0.3) is 16.8 Å². The number of para-hydroxylation sites is 1. The maximum atomic E-state index is 13.3. The van der Waals surface area contributed by atoms with Crippen molar-refractivity contribution in [3.63, 3.8) is 0 Å². The minimum atomic E-state index is -3.75. The minimum Gasteiger partial charge on any atom is -0.395 e. The first kappa shape index (κ1) is 14.8. The molecule has 3 aromatic rings. The highest BCUT2D eigenvalue weighted by Crippen LogP contribution is 2.47. The third-order valence-corrected chi connectivity index (χ3v) is 4.26. The second-order valence-corrected chi connectivity index (χ2v) is 7.08. The SMILES string of the molecule is CS(=O)(=O)c1ncc2ccc(-c3cccc4c3OC(F)(F)O4)n2n1. The Bertz CT molecular complexity index is 1080. The Morgan fingerprint density at radius 3 is 2.71 bits per heavy atom. The van der Waals surface area contributed by atoms with E-state index in [9.17, 15) is 17.2 Å². The van der Waals surface area contributed by atoms with E-state index < -0.39 is 16.1 Å². The molecule has 4 rings (SSSR count). The summed E-state index contributed by atoms with van der Waals surface area (Å²) in [6, 6.07) is 7.66. The zero-order valence-electron chi connectivity index (χ0n) is 12.1. The Morgan fingerprint density at radius 1 is 1.17 bits per heavy atom. The predicted molar refractivity (Wildman–Crippen MR) is 77.7 cm³/mol. The number of halogens is 2. The molecule has 0 saturated carbocycles. The van der Waals surface area contributed by atoms with Gasteiger partial charge in [-0.2, -0.15) is 0 Å². The normalized spacial score (nSPS) is 15.8. The van der Waals surface area contributed by atoms with Crippen LogP contribution in [0, 0.1) is 0 Å². The van der Waals surface area contributed by atoms with Crippen molar-refractivity contribution in [2.24, 2.45) is 0 Å². The van der Waals surface area contributed by atoms with E-state index in [1.165, 1.54) is 22.8 Å². The largest absolute Gasteiger partial charge is 0.586 e. The number of nitrogens with zero attached hydrogens (tertiary/aromatic N) is 3. The molecule has 0 radical (unpaired) electrons. The summed E-state index contributed by atoms with van der Waals surface area (Å²) in [5, 5.41) is 3.61. The van der Waals surface area contributed by atoms with Gasteiger partial charge in [0.25, 0.3) is 5.16 Å². The third kappa shape index (κ3) is 2.26. The van der Waals surface area contributed by atoms with Crippen LogP contribution in [0.1, 0.15) is 0 Å².